The van der Waals surface area contributed by atoms with E-state index in [9.17, 15) is 0 Å². The molecule has 0 saturated carbocycles. The van der Waals surface area contributed by atoms with E-state index in [0.717, 1.165) is 39.1 Å². The van der Waals surface area contributed by atoms with Crippen molar-refractivity contribution in [3.63, 3.8) is 0 Å². The monoisotopic (exact) mass is 312 g/mol. The minimum absolute atomic E-state index is 0.0364. The van der Waals surface area contributed by atoms with Gasteiger partial charge in [-0.1, -0.05) is 18.2 Å². The fourth-order valence-corrected chi connectivity index (χ4v) is 3.87. The van der Waals surface area contributed by atoms with Crippen LogP contribution in [0.5, 0.6) is 0 Å². The third-order valence-corrected chi connectivity index (χ3v) is 4.91. The number of aryl methyl sites for hydroxylation is 1. The molecule has 5 heteroatoms. The summed E-state index contributed by atoms with van der Waals surface area (Å²) in [5, 5.41) is 7.86. The predicted octanol–water partition coefficient (Wildman–Crippen LogP) is 2.27. The summed E-state index contributed by atoms with van der Waals surface area (Å²) in [4.78, 5) is 2.49. The summed E-state index contributed by atoms with van der Waals surface area (Å²) in [6, 6.07) is 10.8. The molecule has 2 fully saturated rings. The van der Waals surface area contributed by atoms with Gasteiger partial charge in [0.15, 0.2) is 0 Å². The molecule has 3 heterocycles. The van der Waals surface area contributed by atoms with E-state index in [1.54, 1.807) is 0 Å². The number of anilines is 1. The molecule has 4 rings (SSSR count). The number of rotatable bonds is 4. The molecule has 2 saturated heterocycles. The standard InChI is InChI=1S/C18H24N4O/c1-21-11-15(10-19-21)12-22-8-7-18(14-22)9-17(13-23-18)20-16-5-3-2-4-6-16/h2-6,10-11,17,20H,7-9,12-14H2,1H3/t17-,18-/m0/s1. The largest absolute Gasteiger partial charge is 0.380 e. The van der Waals surface area contributed by atoms with Crippen molar-refractivity contribution in [1.82, 2.24) is 14.7 Å². The van der Waals surface area contributed by atoms with Crippen molar-refractivity contribution >= 4 is 5.69 Å². The average molecular weight is 312 g/mol. The Balaban J connectivity index is 1.34. The molecule has 2 atom stereocenters. The van der Waals surface area contributed by atoms with Crippen molar-refractivity contribution in [2.75, 3.05) is 25.0 Å². The maximum atomic E-state index is 6.23. The van der Waals surface area contributed by atoms with Crippen LogP contribution in [0, 0.1) is 0 Å². The smallest absolute Gasteiger partial charge is 0.0842 e. The molecule has 0 radical (unpaired) electrons. The van der Waals surface area contributed by atoms with E-state index in [4.69, 9.17) is 4.74 Å². The Morgan fingerprint density at radius 2 is 2.22 bits per heavy atom. The predicted molar refractivity (Wildman–Crippen MR) is 90.3 cm³/mol. The summed E-state index contributed by atoms with van der Waals surface area (Å²) in [6.45, 7) is 3.90. The Morgan fingerprint density at radius 1 is 1.35 bits per heavy atom. The number of benzene rings is 1. The van der Waals surface area contributed by atoms with E-state index >= 15 is 0 Å². The van der Waals surface area contributed by atoms with Crippen molar-refractivity contribution < 1.29 is 4.74 Å². The highest BCUT2D eigenvalue weighted by Crippen LogP contribution is 2.36. The number of para-hydroxylation sites is 1. The fourth-order valence-electron chi connectivity index (χ4n) is 3.87. The molecule has 2 aliphatic heterocycles. The maximum absolute atomic E-state index is 6.23. The van der Waals surface area contributed by atoms with E-state index < -0.39 is 0 Å². The van der Waals surface area contributed by atoms with Crippen molar-refractivity contribution in [3.05, 3.63) is 48.3 Å². The minimum Gasteiger partial charge on any atom is -0.380 e. The third kappa shape index (κ3) is 3.26. The highest BCUT2D eigenvalue weighted by atomic mass is 16.5. The summed E-state index contributed by atoms with van der Waals surface area (Å²) in [5.41, 5.74) is 2.50. The first-order valence-corrected chi connectivity index (χ1v) is 8.36. The van der Waals surface area contributed by atoms with Crippen LogP contribution in [0.25, 0.3) is 0 Å². The maximum Gasteiger partial charge on any atom is 0.0842 e. The molecule has 2 aliphatic rings. The first-order valence-electron chi connectivity index (χ1n) is 8.36. The number of hydrogen-bond donors (Lipinski definition) is 1. The zero-order valence-electron chi connectivity index (χ0n) is 13.6. The van der Waals surface area contributed by atoms with Gasteiger partial charge in [0.05, 0.1) is 24.4 Å². The number of nitrogens with zero attached hydrogens (tertiary/aromatic N) is 3. The fraction of sp³-hybridized carbons (Fsp3) is 0.500. The first-order chi connectivity index (χ1) is 11.2. The second-order valence-electron chi connectivity index (χ2n) is 6.89. The van der Waals surface area contributed by atoms with Gasteiger partial charge in [0.1, 0.15) is 0 Å². The SMILES string of the molecule is Cn1cc(CN2CC[C@]3(C[C@H](Nc4ccccc4)CO3)C2)cn1. The Hall–Kier alpha value is -1.85. The molecular formula is C18H24N4O. The lowest BCUT2D eigenvalue weighted by Crippen LogP contribution is -2.33. The van der Waals surface area contributed by atoms with Crippen LogP contribution in [-0.2, 0) is 18.3 Å². The van der Waals surface area contributed by atoms with Crippen molar-refractivity contribution in [2.45, 2.75) is 31.0 Å². The second kappa shape index (κ2) is 5.98. The molecule has 23 heavy (non-hydrogen) atoms. The number of likely N-dealkylation sites (tertiary alicyclic amines) is 1. The molecule has 1 aromatic carbocycles. The van der Waals surface area contributed by atoms with Gasteiger partial charge in [-0.2, -0.15) is 5.10 Å². The Bertz CT molecular complexity index is 656. The summed E-state index contributed by atoms with van der Waals surface area (Å²) < 4.78 is 8.10. The highest BCUT2D eigenvalue weighted by molar-refractivity contribution is 5.43. The first kappa shape index (κ1) is 14.7. The van der Waals surface area contributed by atoms with Crippen LogP contribution in [0.15, 0.2) is 42.7 Å². The summed E-state index contributed by atoms with van der Waals surface area (Å²) in [6.07, 6.45) is 6.27. The molecule has 1 aromatic heterocycles. The minimum atomic E-state index is 0.0364. The molecule has 0 aliphatic carbocycles. The third-order valence-electron chi connectivity index (χ3n) is 4.91. The second-order valence-corrected chi connectivity index (χ2v) is 6.89. The number of nitrogens with one attached hydrogen (secondary N) is 1. The number of ether oxygens (including phenoxy) is 1. The normalized spacial score (nSPS) is 27.8. The van der Waals surface area contributed by atoms with E-state index in [0.29, 0.717) is 6.04 Å². The van der Waals surface area contributed by atoms with Crippen LogP contribution in [-0.4, -0.2) is 46.0 Å². The molecule has 1 spiro atoms. The zero-order chi connectivity index (χ0) is 15.7. The molecule has 5 nitrogen and oxygen atoms in total. The zero-order valence-corrected chi connectivity index (χ0v) is 13.6. The van der Waals surface area contributed by atoms with Crippen LogP contribution in [0.1, 0.15) is 18.4 Å². The van der Waals surface area contributed by atoms with E-state index in [-0.39, 0.29) is 5.60 Å². The Labute approximate surface area is 137 Å². The number of aromatic nitrogens is 2. The molecular weight excluding hydrogens is 288 g/mol. The van der Waals surface area contributed by atoms with Crippen molar-refractivity contribution in [3.8, 4) is 0 Å². The Kier molecular flexibility index (Phi) is 3.83. The summed E-state index contributed by atoms with van der Waals surface area (Å²) >= 11 is 0. The molecule has 0 unspecified atom stereocenters. The Morgan fingerprint density at radius 3 is 3.00 bits per heavy atom. The van der Waals surface area contributed by atoms with Gasteiger partial charge in [-0.25, -0.2) is 0 Å². The van der Waals surface area contributed by atoms with Crippen LogP contribution in [0.3, 0.4) is 0 Å². The quantitative estimate of drug-likeness (QED) is 0.940. The van der Waals surface area contributed by atoms with Crippen LogP contribution >= 0.6 is 0 Å². The summed E-state index contributed by atoms with van der Waals surface area (Å²) in [7, 11) is 1.97. The van der Waals surface area contributed by atoms with Crippen molar-refractivity contribution in [1.29, 1.82) is 0 Å². The molecule has 122 valence electrons. The van der Waals surface area contributed by atoms with Crippen LogP contribution in [0.2, 0.25) is 0 Å². The van der Waals surface area contributed by atoms with Crippen molar-refractivity contribution in [2.24, 2.45) is 7.05 Å². The molecule has 0 bridgehead atoms. The van der Waals surface area contributed by atoms with Gasteiger partial charge in [-0.15, -0.1) is 0 Å². The van der Waals surface area contributed by atoms with Gasteiger partial charge >= 0.3 is 0 Å². The van der Waals surface area contributed by atoms with E-state index in [1.807, 2.05) is 24.0 Å². The summed E-state index contributed by atoms with van der Waals surface area (Å²) in [5.74, 6) is 0. The van der Waals surface area contributed by atoms with E-state index in [1.165, 1.54) is 11.3 Å². The lowest BCUT2D eigenvalue weighted by Gasteiger charge is -2.23. The average Bonchev–Trinajstić information content (AvgIpc) is 3.24. The van der Waals surface area contributed by atoms with Gasteiger partial charge in [0, 0.05) is 50.6 Å². The molecule has 1 N–H and O–H groups in total. The van der Waals surface area contributed by atoms with Gasteiger partial charge < -0.3 is 10.1 Å². The van der Waals surface area contributed by atoms with Crippen LogP contribution < -0.4 is 5.32 Å². The molecule has 0 amide bonds. The van der Waals surface area contributed by atoms with Gasteiger partial charge in [-0.3, -0.25) is 9.58 Å². The highest BCUT2D eigenvalue weighted by Gasteiger charge is 2.45. The van der Waals surface area contributed by atoms with Gasteiger partial charge in [-0.05, 0) is 18.6 Å². The topological polar surface area (TPSA) is 42.3 Å². The lowest BCUT2D eigenvalue weighted by molar-refractivity contribution is 0.0120. The van der Waals surface area contributed by atoms with Crippen LogP contribution in [0.4, 0.5) is 5.69 Å². The number of hydrogen-bond acceptors (Lipinski definition) is 4. The molecule has 2 aromatic rings. The lowest BCUT2D eigenvalue weighted by atomic mass is 9.97. The van der Waals surface area contributed by atoms with Gasteiger partial charge in [0.2, 0.25) is 0 Å². The van der Waals surface area contributed by atoms with Gasteiger partial charge in [0.25, 0.3) is 0 Å². The van der Waals surface area contributed by atoms with E-state index in [2.05, 4.69) is 45.8 Å².